The van der Waals surface area contributed by atoms with Crippen LogP contribution in [-0.2, 0) is 29.9 Å². The van der Waals surface area contributed by atoms with Crippen molar-refractivity contribution in [1.29, 1.82) is 0 Å². The van der Waals surface area contributed by atoms with Gasteiger partial charge in [0.2, 0.25) is 0 Å². The summed E-state index contributed by atoms with van der Waals surface area (Å²) in [5.41, 5.74) is 0.638. The molecule has 1 heterocycles. The summed E-state index contributed by atoms with van der Waals surface area (Å²) in [6.07, 6.45) is 3.53. The third-order valence-corrected chi connectivity index (χ3v) is 11.8. The highest BCUT2D eigenvalue weighted by molar-refractivity contribution is 6.74. The topological polar surface area (TPSA) is 99.5 Å². The molecule has 1 rings (SSSR count). The van der Waals surface area contributed by atoms with Crippen LogP contribution < -0.4 is 5.56 Å². The molecule has 226 valence electrons. The van der Waals surface area contributed by atoms with E-state index in [0.29, 0.717) is 65.0 Å². The minimum atomic E-state index is -1.71. The molecule has 1 unspecified atom stereocenters. The van der Waals surface area contributed by atoms with Crippen LogP contribution in [0.3, 0.4) is 0 Å². The molecule has 0 aliphatic rings. The number of carbonyl (C=O) groups is 1. The lowest BCUT2D eigenvalue weighted by molar-refractivity contribution is -0.141. The minimum absolute atomic E-state index is 0.208. The molecule has 0 fully saturated rings. The zero-order chi connectivity index (χ0) is 29.5. The summed E-state index contributed by atoms with van der Waals surface area (Å²) in [7, 11) is 0.304. The molecule has 0 spiro atoms. The quantitative estimate of drug-likeness (QED) is 0.171. The van der Waals surface area contributed by atoms with Gasteiger partial charge in [0.05, 0.1) is 46.2 Å². The molecule has 9 nitrogen and oxygen atoms in total. The first kappa shape index (κ1) is 35.5. The number of nitrogens with zero attached hydrogens (tertiary/aromatic N) is 2. The van der Waals surface area contributed by atoms with E-state index in [1.165, 1.54) is 4.57 Å². The summed E-state index contributed by atoms with van der Waals surface area (Å²) in [4.78, 5) is 26.4. The van der Waals surface area contributed by atoms with E-state index in [4.69, 9.17) is 18.6 Å². The Morgan fingerprint density at radius 2 is 1.54 bits per heavy atom. The Morgan fingerprint density at radius 3 is 2.05 bits per heavy atom. The van der Waals surface area contributed by atoms with Crippen molar-refractivity contribution in [3.63, 3.8) is 0 Å². The lowest BCUT2D eigenvalue weighted by Gasteiger charge is -2.36. The number of hydrogen-bond acceptors (Lipinski definition) is 7. The van der Waals surface area contributed by atoms with Crippen LogP contribution in [0.15, 0.2) is 23.1 Å². The molecule has 0 bridgehead atoms. The Bertz CT molecular complexity index is 883. The van der Waals surface area contributed by atoms with Gasteiger partial charge < -0.3 is 33.2 Å². The smallest absolute Gasteiger partial charge is 0.326 e. The van der Waals surface area contributed by atoms with Gasteiger partial charge >= 0.3 is 5.97 Å². The third kappa shape index (κ3) is 14.6. The zero-order valence-corrected chi connectivity index (χ0v) is 26.7. The molecule has 0 aliphatic heterocycles. The number of rotatable bonds is 21. The van der Waals surface area contributed by atoms with E-state index >= 15 is 0 Å². The largest absolute Gasteiger partial charge is 0.480 e. The van der Waals surface area contributed by atoms with Crippen LogP contribution in [0.5, 0.6) is 0 Å². The number of carboxylic acid groups (broad SMARTS) is 1. The lowest BCUT2D eigenvalue weighted by atomic mass is 10.0. The van der Waals surface area contributed by atoms with Crippen molar-refractivity contribution in [2.75, 3.05) is 66.4 Å². The molecular weight excluding hydrogens is 516 g/mol. The van der Waals surface area contributed by atoms with E-state index in [-0.39, 0.29) is 10.6 Å². The number of aromatic nitrogens is 1. The lowest BCUT2D eigenvalue weighted by Crippen LogP contribution is -2.41. The number of likely N-dealkylation sites (N-methyl/N-ethyl adjacent to an activating group) is 1. The van der Waals surface area contributed by atoms with E-state index in [0.717, 1.165) is 25.1 Å². The fourth-order valence-corrected chi connectivity index (χ4v) is 4.61. The van der Waals surface area contributed by atoms with Crippen molar-refractivity contribution in [2.24, 2.45) is 5.92 Å². The van der Waals surface area contributed by atoms with E-state index in [1.807, 2.05) is 27.0 Å². The highest BCUT2D eigenvalue weighted by Crippen LogP contribution is 2.36. The van der Waals surface area contributed by atoms with Crippen LogP contribution in [0.1, 0.15) is 59.1 Å². The summed E-state index contributed by atoms with van der Waals surface area (Å²) in [6.45, 7) is 20.7. The Kier molecular flexibility index (Phi) is 16.4. The van der Waals surface area contributed by atoms with Crippen molar-refractivity contribution in [3.8, 4) is 0 Å². The second kappa shape index (κ2) is 18.0. The van der Waals surface area contributed by atoms with Crippen molar-refractivity contribution in [3.05, 3.63) is 34.2 Å². The normalized spacial score (nSPS) is 13.4. The van der Waals surface area contributed by atoms with Gasteiger partial charge in [-0.2, -0.15) is 0 Å². The van der Waals surface area contributed by atoms with Crippen LogP contribution in [-0.4, -0.2) is 95.2 Å². The molecule has 1 atom stereocenters. The van der Waals surface area contributed by atoms with E-state index in [1.54, 1.807) is 12.3 Å². The molecule has 0 saturated carbocycles. The number of ether oxygens (including phenoxy) is 3. The molecule has 0 aliphatic carbocycles. The highest BCUT2D eigenvalue weighted by Gasteiger charge is 2.36. The van der Waals surface area contributed by atoms with Gasteiger partial charge in [0.25, 0.3) is 5.56 Å². The molecule has 1 N–H and O–H groups in total. The van der Waals surface area contributed by atoms with Crippen molar-refractivity contribution in [1.82, 2.24) is 9.47 Å². The maximum absolute atomic E-state index is 12.6. The van der Waals surface area contributed by atoms with Crippen LogP contribution in [0.2, 0.25) is 18.1 Å². The molecule has 0 radical (unpaired) electrons. The van der Waals surface area contributed by atoms with E-state index in [2.05, 4.69) is 38.8 Å². The predicted molar refractivity (Wildman–Crippen MR) is 158 cm³/mol. The fraction of sp³-hybridized carbons (Fsp3) is 0.793. The molecule has 10 heteroatoms. The second-order valence-corrected chi connectivity index (χ2v) is 16.9. The maximum atomic E-state index is 12.6. The van der Waals surface area contributed by atoms with Crippen LogP contribution >= 0.6 is 0 Å². The predicted octanol–water partition coefficient (Wildman–Crippen LogP) is 4.46. The first-order valence-corrected chi connectivity index (χ1v) is 17.1. The van der Waals surface area contributed by atoms with Gasteiger partial charge in [-0.1, -0.05) is 34.6 Å². The molecular formula is C29H54N2O7Si. The molecule has 0 aromatic carbocycles. The average Bonchev–Trinajstić information content (AvgIpc) is 2.83. The summed E-state index contributed by atoms with van der Waals surface area (Å²) in [5, 5.41) is 9.77. The van der Waals surface area contributed by atoms with Crippen molar-refractivity contribution < 1.29 is 28.5 Å². The Morgan fingerprint density at radius 1 is 0.974 bits per heavy atom. The van der Waals surface area contributed by atoms with Crippen LogP contribution in [0.4, 0.5) is 0 Å². The molecule has 39 heavy (non-hydrogen) atoms. The number of pyridine rings is 1. The van der Waals surface area contributed by atoms with Crippen LogP contribution in [0, 0.1) is 5.92 Å². The molecule has 0 saturated heterocycles. The van der Waals surface area contributed by atoms with Gasteiger partial charge in [-0.3, -0.25) is 4.79 Å². The van der Waals surface area contributed by atoms with Gasteiger partial charge in [-0.05, 0) is 62.0 Å². The summed E-state index contributed by atoms with van der Waals surface area (Å²) in [6, 6.07) is 2.58. The Hall–Kier alpha value is -1.56. The number of carboxylic acids is 1. The van der Waals surface area contributed by atoms with Crippen LogP contribution in [0.25, 0.3) is 0 Å². The molecule has 0 amide bonds. The Labute approximate surface area is 236 Å². The monoisotopic (exact) mass is 570 g/mol. The zero-order valence-electron chi connectivity index (χ0n) is 25.7. The van der Waals surface area contributed by atoms with Crippen molar-refractivity contribution in [2.45, 2.75) is 78.1 Å². The van der Waals surface area contributed by atoms with Gasteiger partial charge in [-0.15, -0.1) is 0 Å². The summed E-state index contributed by atoms with van der Waals surface area (Å²) < 4.78 is 24.2. The standard InChI is InChI=1S/C29H54N2O7Si/c1-24(2)9-10-26(28(33)34)31-14-12-25(23-27(31)32)11-13-30(6)15-16-35-17-18-36-19-20-37-21-22-38-39(7,8)29(3,4)5/h12,14,23-24,26H,9-11,13,15-22H2,1-8H3,(H,33,34). The minimum Gasteiger partial charge on any atom is -0.480 e. The average molecular weight is 571 g/mol. The third-order valence-electron chi connectivity index (χ3n) is 7.29. The maximum Gasteiger partial charge on any atom is 0.326 e. The molecule has 1 aromatic rings. The summed E-state index contributed by atoms with van der Waals surface area (Å²) >= 11 is 0. The molecule has 1 aromatic heterocycles. The van der Waals surface area contributed by atoms with Gasteiger partial charge in [0.15, 0.2) is 8.32 Å². The van der Waals surface area contributed by atoms with Gasteiger partial charge in [-0.25, -0.2) is 4.79 Å². The second-order valence-electron chi connectivity index (χ2n) is 12.1. The first-order chi connectivity index (χ1) is 18.2. The Balaban J connectivity index is 2.15. The summed E-state index contributed by atoms with van der Waals surface area (Å²) in [5.74, 6) is -0.580. The number of hydrogen-bond donors (Lipinski definition) is 1. The SMILES string of the molecule is CC(C)CCC(C(=O)O)n1ccc(CCN(C)CCOCCOCCOCCO[Si](C)(C)C(C)(C)C)cc1=O. The number of aliphatic carboxylic acids is 1. The van der Waals surface area contributed by atoms with Gasteiger partial charge in [0.1, 0.15) is 6.04 Å². The van der Waals surface area contributed by atoms with E-state index in [9.17, 15) is 14.7 Å². The van der Waals surface area contributed by atoms with Crippen molar-refractivity contribution >= 4 is 14.3 Å². The van der Waals surface area contributed by atoms with E-state index < -0.39 is 20.3 Å². The highest BCUT2D eigenvalue weighted by atomic mass is 28.4. The fourth-order valence-electron chi connectivity index (χ4n) is 3.58. The first-order valence-electron chi connectivity index (χ1n) is 14.2. The van der Waals surface area contributed by atoms with Gasteiger partial charge in [0, 0.05) is 25.4 Å².